The van der Waals surface area contributed by atoms with Crippen LogP contribution < -0.4 is 4.74 Å². The molecule has 0 saturated carbocycles. The van der Waals surface area contributed by atoms with Crippen LogP contribution in [0, 0.1) is 6.92 Å². The van der Waals surface area contributed by atoms with E-state index in [0.29, 0.717) is 0 Å². The molecule has 0 unspecified atom stereocenters. The summed E-state index contributed by atoms with van der Waals surface area (Å²) in [6.45, 7) is 2.84. The first kappa shape index (κ1) is 19.8. The summed E-state index contributed by atoms with van der Waals surface area (Å²) in [7, 11) is 0. The van der Waals surface area contributed by atoms with E-state index in [2.05, 4.69) is 47.1 Å². The number of hydrogen-bond donors (Lipinski definition) is 0. The van der Waals surface area contributed by atoms with Gasteiger partial charge < -0.3 is 4.74 Å². The van der Waals surface area contributed by atoms with Crippen molar-refractivity contribution in [2.75, 3.05) is 0 Å². The second-order valence-corrected chi connectivity index (χ2v) is 4.65. The van der Waals surface area contributed by atoms with Crippen LogP contribution in [0.2, 0.25) is 0 Å². The molecule has 2 aromatic rings. The average molecular weight is 337 g/mol. The van der Waals surface area contributed by atoms with Crippen LogP contribution in [0.4, 0.5) is 14.1 Å². The SMILES string of the molecule is Cc1cccc(Br)c1.F.F.F.c1cc2cc(c1)OC2. The van der Waals surface area contributed by atoms with Gasteiger partial charge in [-0.2, -0.15) is 0 Å². The molecule has 0 aliphatic carbocycles. The summed E-state index contributed by atoms with van der Waals surface area (Å²) in [5.41, 5.74) is 2.57. The van der Waals surface area contributed by atoms with E-state index in [9.17, 15) is 0 Å². The molecule has 2 aromatic carbocycles. The van der Waals surface area contributed by atoms with Gasteiger partial charge in [-0.05, 0) is 36.8 Å². The Bertz CT molecular complexity index is 455. The van der Waals surface area contributed by atoms with Crippen LogP contribution in [-0.2, 0) is 6.61 Å². The number of halogens is 4. The van der Waals surface area contributed by atoms with E-state index in [0.717, 1.165) is 16.8 Å². The van der Waals surface area contributed by atoms with Crippen molar-refractivity contribution < 1.29 is 18.9 Å². The van der Waals surface area contributed by atoms with Crippen molar-refractivity contribution in [1.29, 1.82) is 0 Å². The zero-order valence-corrected chi connectivity index (χ0v) is 11.9. The molecule has 0 fully saturated rings. The first-order valence-corrected chi connectivity index (χ1v) is 5.97. The fourth-order valence-electron chi connectivity index (χ4n) is 1.50. The van der Waals surface area contributed by atoms with Gasteiger partial charge in [0.25, 0.3) is 0 Å². The maximum absolute atomic E-state index is 5.18. The Morgan fingerprint density at radius 2 is 1.63 bits per heavy atom. The molecule has 0 spiro atoms. The maximum atomic E-state index is 5.18. The van der Waals surface area contributed by atoms with Gasteiger partial charge in [-0.1, -0.05) is 45.8 Å². The van der Waals surface area contributed by atoms with E-state index in [4.69, 9.17) is 4.74 Å². The summed E-state index contributed by atoms with van der Waals surface area (Å²) in [5.74, 6) is 1.00. The smallest absolute Gasteiger partial charge is 0.120 e. The molecule has 0 atom stereocenters. The van der Waals surface area contributed by atoms with Gasteiger partial charge in [0.15, 0.2) is 0 Å². The molecule has 0 N–H and O–H groups in total. The normalized spacial score (nSPS) is 9.58. The van der Waals surface area contributed by atoms with Crippen molar-refractivity contribution in [2.45, 2.75) is 13.5 Å². The number of rotatable bonds is 0. The molecule has 1 heterocycles. The topological polar surface area (TPSA) is 9.23 Å². The molecule has 0 aromatic heterocycles. The fraction of sp³-hybridized carbons (Fsp3) is 0.143. The molecule has 1 nitrogen and oxygen atoms in total. The Morgan fingerprint density at radius 3 is 2.11 bits per heavy atom. The molecule has 2 bridgehead atoms. The summed E-state index contributed by atoms with van der Waals surface area (Å²) in [6, 6.07) is 16.3. The lowest BCUT2D eigenvalue weighted by molar-refractivity contribution is 0.328. The van der Waals surface area contributed by atoms with Gasteiger partial charge in [-0.25, -0.2) is 0 Å². The minimum Gasteiger partial charge on any atom is -0.489 e. The third-order valence-corrected chi connectivity index (χ3v) is 2.78. The van der Waals surface area contributed by atoms with Crippen molar-refractivity contribution in [3.8, 4) is 5.75 Å². The summed E-state index contributed by atoms with van der Waals surface area (Å²) in [5, 5.41) is 0. The third kappa shape index (κ3) is 6.29. The van der Waals surface area contributed by atoms with Crippen LogP contribution in [0.3, 0.4) is 0 Å². The van der Waals surface area contributed by atoms with Gasteiger partial charge in [0, 0.05) is 4.47 Å². The Labute approximate surface area is 118 Å². The van der Waals surface area contributed by atoms with E-state index in [1.807, 2.05) is 24.3 Å². The fourth-order valence-corrected chi connectivity index (χ4v) is 2.01. The van der Waals surface area contributed by atoms with E-state index in [1.165, 1.54) is 11.1 Å². The molecule has 0 radical (unpaired) electrons. The largest absolute Gasteiger partial charge is 0.489 e. The highest BCUT2D eigenvalue weighted by Gasteiger charge is 2.03. The minimum atomic E-state index is 0. The molecule has 5 heteroatoms. The van der Waals surface area contributed by atoms with Crippen LogP contribution in [0.25, 0.3) is 0 Å². The van der Waals surface area contributed by atoms with Crippen molar-refractivity contribution in [2.24, 2.45) is 0 Å². The van der Waals surface area contributed by atoms with E-state index < -0.39 is 0 Å². The lowest BCUT2D eigenvalue weighted by Gasteiger charge is -1.89. The summed E-state index contributed by atoms with van der Waals surface area (Å²) < 4.78 is 6.33. The standard InChI is InChI=1S/C7H7Br.C7H6O.3FH/c1-6-3-2-4-7(8)5-6;1-2-6-4-7(3-1)8-5-6;;;/h2-5H,1H3;1-4H,5H2;3*1H. The average Bonchev–Trinajstić information content (AvgIpc) is 2.58. The maximum Gasteiger partial charge on any atom is 0.120 e. The van der Waals surface area contributed by atoms with Gasteiger partial charge >= 0.3 is 0 Å². The summed E-state index contributed by atoms with van der Waals surface area (Å²) in [6.07, 6.45) is 0. The predicted octanol–water partition coefficient (Wildman–Crippen LogP) is 4.79. The number of fused-ring (bicyclic) bond motifs is 2. The van der Waals surface area contributed by atoms with Gasteiger partial charge in [-0.15, -0.1) is 0 Å². The molecular formula is C14H16BrF3O. The lowest BCUT2D eigenvalue weighted by Crippen LogP contribution is -1.80. The molecule has 3 rings (SSSR count). The summed E-state index contributed by atoms with van der Waals surface area (Å²) in [4.78, 5) is 0. The first-order chi connectivity index (χ1) is 7.74. The Hall–Kier alpha value is -1.49. The highest BCUT2D eigenvalue weighted by atomic mass is 79.9. The molecule has 0 amide bonds. The van der Waals surface area contributed by atoms with Gasteiger partial charge in [-0.3, -0.25) is 14.1 Å². The van der Waals surface area contributed by atoms with Crippen molar-refractivity contribution >= 4 is 15.9 Å². The monoisotopic (exact) mass is 336 g/mol. The van der Waals surface area contributed by atoms with Gasteiger partial charge in [0.05, 0.1) is 0 Å². The highest BCUT2D eigenvalue weighted by molar-refractivity contribution is 9.10. The van der Waals surface area contributed by atoms with Crippen LogP contribution in [0.15, 0.2) is 53.0 Å². The molecule has 1 aliphatic heterocycles. The van der Waals surface area contributed by atoms with Crippen molar-refractivity contribution in [3.63, 3.8) is 0 Å². The van der Waals surface area contributed by atoms with Crippen LogP contribution in [0.5, 0.6) is 5.75 Å². The molecule has 19 heavy (non-hydrogen) atoms. The second kappa shape index (κ2) is 9.44. The molecular weight excluding hydrogens is 321 g/mol. The molecule has 0 saturated heterocycles. The number of hydrogen-bond acceptors (Lipinski definition) is 1. The summed E-state index contributed by atoms with van der Waals surface area (Å²) >= 11 is 3.36. The molecule has 106 valence electrons. The Morgan fingerprint density at radius 1 is 0.947 bits per heavy atom. The van der Waals surface area contributed by atoms with E-state index in [-0.39, 0.29) is 14.1 Å². The second-order valence-electron chi connectivity index (χ2n) is 3.74. The Kier molecular flexibility index (Phi) is 9.86. The van der Waals surface area contributed by atoms with Crippen LogP contribution in [-0.4, -0.2) is 0 Å². The number of ether oxygens (including phenoxy) is 1. The van der Waals surface area contributed by atoms with Crippen molar-refractivity contribution in [3.05, 3.63) is 64.1 Å². The van der Waals surface area contributed by atoms with Gasteiger partial charge in [0.2, 0.25) is 0 Å². The van der Waals surface area contributed by atoms with E-state index in [1.54, 1.807) is 0 Å². The van der Waals surface area contributed by atoms with Gasteiger partial charge in [0.1, 0.15) is 12.4 Å². The third-order valence-electron chi connectivity index (χ3n) is 2.28. The Balaban J connectivity index is 0. The molecule has 1 aliphatic rings. The van der Waals surface area contributed by atoms with Crippen molar-refractivity contribution in [1.82, 2.24) is 0 Å². The zero-order chi connectivity index (χ0) is 11.4. The predicted molar refractivity (Wildman–Crippen MR) is 77.2 cm³/mol. The number of aryl methyl sites for hydroxylation is 1. The zero-order valence-electron chi connectivity index (χ0n) is 10.3. The quantitative estimate of drug-likeness (QED) is 0.671. The first-order valence-electron chi connectivity index (χ1n) is 5.18. The lowest BCUT2D eigenvalue weighted by atomic mass is 10.2. The van der Waals surface area contributed by atoms with E-state index >= 15 is 0 Å². The van der Waals surface area contributed by atoms with Crippen LogP contribution >= 0.6 is 15.9 Å². The minimum absolute atomic E-state index is 0. The van der Waals surface area contributed by atoms with Crippen LogP contribution in [0.1, 0.15) is 11.1 Å². The highest BCUT2D eigenvalue weighted by Crippen LogP contribution is 2.20. The number of benzene rings is 2.